The van der Waals surface area contributed by atoms with Gasteiger partial charge in [0.1, 0.15) is 5.69 Å². The first-order valence-corrected chi connectivity index (χ1v) is 6.35. The summed E-state index contributed by atoms with van der Waals surface area (Å²) in [6.45, 7) is 1.45. The normalized spacial score (nSPS) is 12.8. The molecule has 0 fully saturated rings. The molecule has 0 bridgehead atoms. The Morgan fingerprint density at radius 3 is 2.52 bits per heavy atom. The van der Waals surface area contributed by atoms with Gasteiger partial charge < -0.3 is 10.4 Å². The number of halogens is 4. The molecule has 0 spiro atoms. The monoisotopic (exact) mass is 370 g/mol. The molecular weight excluding hydrogens is 361 g/mol. The van der Waals surface area contributed by atoms with E-state index in [0.29, 0.717) is 12.1 Å². The molecule has 21 heavy (non-hydrogen) atoms. The average molecular weight is 371 g/mol. The molecule has 0 saturated carbocycles. The van der Waals surface area contributed by atoms with Crippen molar-refractivity contribution < 1.29 is 28.0 Å². The van der Waals surface area contributed by atoms with Gasteiger partial charge in [0, 0.05) is 16.6 Å². The first-order valence-electron chi connectivity index (χ1n) is 5.55. The zero-order valence-electron chi connectivity index (χ0n) is 10.6. The highest BCUT2D eigenvalue weighted by atomic mass is 79.9. The summed E-state index contributed by atoms with van der Waals surface area (Å²) in [5.41, 5.74) is -2.15. The number of alkyl halides is 3. The maximum Gasteiger partial charge on any atom is 0.416 e. The summed E-state index contributed by atoms with van der Waals surface area (Å²) in [4.78, 5) is 20.5. The number of benzene rings is 1. The fraction of sp³-hybridized carbons (Fsp3) is 0.364. The van der Waals surface area contributed by atoms with Gasteiger partial charge in [-0.3, -0.25) is 14.9 Å². The lowest BCUT2D eigenvalue weighted by molar-refractivity contribution is -0.384. The van der Waals surface area contributed by atoms with E-state index in [1.54, 1.807) is 0 Å². The summed E-state index contributed by atoms with van der Waals surface area (Å²) >= 11 is 2.84. The molecule has 0 amide bonds. The topological polar surface area (TPSA) is 92.5 Å². The third kappa shape index (κ3) is 4.59. The van der Waals surface area contributed by atoms with Crippen LogP contribution in [0.2, 0.25) is 0 Å². The van der Waals surface area contributed by atoms with Crippen LogP contribution in [0.1, 0.15) is 18.9 Å². The molecule has 2 N–H and O–H groups in total. The van der Waals surface area contributed by atoms with Crippen molar-refractivity contribution in [2.75, 3.05) is 5.32 Å². The largest absolute Gasteiger partial charge is 0.481 e. The van der Waals surface area contributed by atoms with Gasteiger partial charge in [-0.25, -0.2) is 0 Å². The Morgan fingerprint density at radius 2 is 2.10 bits per heavy atom. The molecule has 0 aromatic heterocycles. The highest BCUT2D eigenvalue weighted by molar-refractivity contribution is 9.10. The average Bonchev–Trinajstić information content (AvgIpc) is 2.28. The molecule has 0 saturated heterocycles. The molecule has 0 heterocycles. The van der Waals surface area contributed by atoms with Crippen LogP contribution >= 0.6 is 15.9 Å². The van der Waals surface area contributed by atoms with Crippen LogP contribution in [0.25, 0.3) is 0 Å². The Hall–Kier alpha value is -1.84. The Labute approximate surface area is 125 Å². The second-order valence-corrected chi connectivity index (χ2v) is 5.10. The Balaban J connectivity index is 3.26. The minimum Gasteiger partial charge on any atom is -0.481 e. The van der Waals surface area contributed by atoms with E-state index in [-0.39, 0.29) is 16.6 Å². The van der Waals surface area contributed by atoms with Gasteiger partial charge >= 0.3 is 12.1 Å². The highest BCUT2D eigenvalue weighted by Crippen LogP contribution is 2.40. The number of nitro groups is 1. The van der Waals surface area contributed by atoms with Crippen molar-refractivity contribution in [1.82, 2.24) is 0 Å². The van der Waals surface area contributed by atoms with Crippen molar-refractivity contribution in [3.05, 3.63) is 32.3 Å². The number of carbonyl (C=O) groups is 1. The van der Waals surface area contributed by atoms with Crippen LogP contribution in [0.5, 0.6) is 0 Å². The lowest BCUT2D eigenvalue weighted by Gasteiger charge is -2.16. The Kier molecular flexibility index (Phi) is 5.15. The summed E-state index contributed by atoms with van der Waals surface area (Å²) in [6, 6.07) is 0.401. The van der Waals surface area contributed by atoms with E-state index in [1.165, 1.54) is 6.92 Å². The summed E-state index contributed by atoms with van der Waals surface area (Å²) < 4.78 is 37.7. The second-order valence-electron chi connectivity index (χ2n) is 4.25. The molecule has 0 aliphatic heterocycles. The van der Waals surface area contributed by atoms with E-state index in [0.717, 1.165) is 0 Å². The molecule has 10 heteroatoms. The smallest absolute Gasteiger partial charge is 0.416 e. The number of aliphatic carboxylic acids is 1. The van der Waals surface area contributed by atoms with E-state index in [2.05, 4.69) is 21.2 Å². The van der Waals surface area contributed by atoms with Crippen molar-refractivity contribution in [3.8, 4) is 0 Å². The predicted molar refractivity (Wildman–Crippen MR) is 71.1 cm³/mol. The number of carboxylic acids is 1. The second kappa shape index (κ2) is 6.29. The SMILES string of the molecule is C[C@H](CC(=O)O)Nc1c(Br)cc(C(F)(F)F)cc1[N+](=O)[O-]. The number of hydrogen-bond acceptors (Lipinski definition) is 4. The molecule has 0 aliphatic rings. The van der Waals surface area contributed by atoms with E-state index >= 15 is 0 Å². The van der Waals surface area contributed by atoms with Gasteiger partial charge in [-0.05, 0) is 28.9 Å². The van der Waals surface area contributed by atoms with Gasteiger partial charge in [0.05, 0.1) is 16.9 Å². The van der Waals surface area contributed by atoms with Gasteiger partial charge in [-0.15, -0.1) is 0 Å². The Bertz CT molecular complexity index is 577. The number of nitro benzene ring substituents is 1. The van der Waals surface area contributed by atoms with Crippen molar-refractivity contribution >= 4 is 33.3 Å². The van der Waals surface area contributed by atoms with Gasteiger partial charge in [0.2, 0.25) is 0 Å². The molecule has 1 aromatic rings. The zero-order valence-corrected chi connectivity index (χ0v) is 12.2. The third-order valence-electron chi connectivity index (χ3n) is 2.46. The summed E-state index contributed by atoms with van der Waals surface area (Å²) in [6.07, 6.45) is -5.07. The van der Waals surface area contributed by atoms with Crippen LogP contribution in [-0.2, 0) is 11.0 Å². The quantitative estimate of drug-likeness (QED) is 0.609. The molecule has 0 radical (unpaired) electrons. The first-order chi connectivity index (χ1) is 9.52. The molecule has 0 unspecified atom stereocenters. The molecule has 1 rings (SSSR count). The highest BCUT2D eigenvalue weighted by Gasteiger charge is 2.34. The van der Waals surface area contributed by atoms with Crippen LogP contribution in [-0.4, -0.2) is 22.0 Å². The number of hydrogen-bond donors (Lipinski definition) is 2. The Morgan fingerprint density at radius 1 is 1.52 bits per heavy atom. The van der Waals surface area contributed by atoms with Crippen LogP contribution in [0, 0.1) is 10.1 Å². The van der Waals surface area contributed by atoms with E-state index in [1.807, 2.05) is 0 Å². The van der Waals surface area contributed by atoms with E-state index < -0.39 is 34.4 Å². The molecule has 116 valence electrons. The zero-order chi connectivity index (χ0) is 16.4. The van der Waals surface area contributed by atoms with Crippen molar-refractivity contribution in [2.24, 2.45) is 0 Å². The fourth-order valence-corrected chi connectivity index (χ4v) is 2.17. The maximum atomic E-state index is 12.6. The van der Waals surface area contributed by atoms with E-state index in [9.17, 15) is 28.1 Å². The van der Waals surface area contributed by atoms with Gasteiger partial charge in [0.15, 0.2) is 0 Å². The van der Waals surface area contributed by atoms with Crippen molar-refractivity contribution in [2.45, 2.75) is 25.6 Å². The molecule has 1 aromatic carbocycles. The molecule has 1 atom stereocenters. The summed E-state index contributed by atoms with van der Waals surface area (Å²) in [5, 5.41) is 22.1. The van der Waals surface area contributed by atoms with Crippen LogP contribution in [0.15, 0.2) is 16.6 Å². The summed E-state index contributed by atoms with van der Waals surface area (Å²) in [7, 11) is 0. The molecule has 6 nitrogen and oxygen atoms in total. The lowest BCUT2D eigenvalue weighted by Crippen LogP contribution is -2.20. The molecular formula is C11H10BrF3N2O4. The number of nitrogens with one attached hydrogen (secondary N) is 1. The van der Waals surface area contributed by atoms with Gasteiger partial charge in [-0.1, -0.05) is 0 Å². The standard InChI is InChI=1S/C11H10BrF3N2O4/c1-5(2-9(18)19)16-10-7(12)3-6(11(13,14)15)4-8(10)17(20)21/h3-5,16H,2H2,1H3,(H,18,19)/t5-/m1/s1. The predicted octanol–water partition coefficient (Wildman–Crippen LogP) is 3.65. The minimum absolute atomic E-state index is 0.165. The van der Waals surface area contributed by atoms with Crippen LogP contribution in [0.3, 0.4) is 0 Å². The van der Waals surface area contributed by atoms with Crippen LogP contribution in [0.4, 0.5) is 24.5 Å². The number of anilines is 1. The van der Waals surface area contributed by atoms with Crippen molar-refractivity contribution in [3.63, 3.8) is 0 Å². The van der Waals surface area contributed by atoms with Gasteiger partial charge in [0.25, 0.3) is 5.69 Å². The third-order valence-corrected chi connectivity index (χ3v) is 3.09. The van der Waals surface area contributed by atoms with Crippen LogP contribution < -0.4 is 5.32 Å². The van der Waals surface area contributed by atoms with Gasteiger partial charge in [-0.2, -0.15) is 13.2 Å². The fourth-order valence-electron chi connectivity index (χ4n) is 1.60. The van der Waals surface area contributed by atoms with Crippen molar-refractivity contribution in [1.29, 1.82) is 0 Å². The maximum absolute atomic E-state index is 12.6. The summed E-state index contributed by atoms with van der Waals surface area (Å²) in [5.74, 6) is -1.14. The molecule has 0 aliphatic carbocycles. The van der Waals surface area contributed by atoms with E-state index in [4.69, 9.17) is 5.11 Å². The minimum atomic E-state index is -4.72. The number of carboxylic acid groups (broad SMARTS) is 1. The number of nitrogens with zero attached hydrogens (tertiary/aromatic N) is 1. The first kappa shape index (κ1) is 17.2. The lowest BCUT2D eigenvalue weighted by atomic mass is 10.1. The number of rotatable bonds is 5.